The highest BCUT2D eigenvalue weighted by Crippen LogP contribution is 2.30. The summed E-state index contributed by atoms with van der Waals surface area (Å²) >= 11 is 12.2. The lowest BCUT2D eigenvalue weighted by molar-refractivity contribution is 0.0787. The third-order valence-corrected chi connectivity index (χ3v) is 7.03. The minimum atomic E-state index is -3.19. The van der Waals surface area contributed by atoms with Crippen molar-refractivity contribution in [1.29, 1.82) is 5.26 Å². The predicted octanol–water partition coefficient (Wildman–Crippen LogP) is 5.31. The summed E-state index contributed by atoms with van der Waals surface area (Å²) in [5, 5.41) is 11.7. The van der Waals surface area contributed by atoms with Crippen LogP contribution in [-0.2, 0) is 9.84 Å². The van der Waals surface area contributed by atoms with E-state index in [4.69, 9.17) is 23.2 Å². The molecule has 0 saturated carbocycles. The van der Waals surface area contributed by atoms with E-state index in [9.17, 15) is 18.5 Å². The molecule has 0 N–H and O–H groups in total. The molecule has 0 aliphatic heterocycles. The second kappa shape index (κ2) is 9.91. The van der Waals surface area contributed by atoms with E-state index in [2.05, 4.69) is 6.07 Å². The Morgan fingerprint density at radius 1 is 1.09 bits per heavy atom. The Hall–Kier alpha value is -2.59. The van der Waals surface area contributed by atoms with E-state index < -0.39 is 9.84 Å². The van der Waals surface area contributed by atoms with Gasteiger partial charge in [0.25, 0.3) is 5.91 Å². The zero-order valence-electron chi connectivity index (χ0n) is 17.7. The van der Waals surface area contributed by atoms with E-state index in [-0.39, 0.29) is 24.1 Å². The van der Waals surface area contributed by atoms with Crippen molar-refractivity contribution in [2.24, 2.45) is 0 Å². The van der Waals surface area contributed by atoms with Gasteiger partial charge in [0.1, 0.15) is 9.84 Å². The molecule has 0 saturated heterocycles. The first kappa shape index (κ1) is 24.1. The normalized spacial score (nSPS) is 12.3. The Bertz CT molecular complexity index is 1320. The number of nitrogens with zero attached hydrogens (tertiary/aromatic N) is 2. The third kappa shape index (κ3) is 5.80. The number of rotatable bonds is 7. The SMILES string of the molecule is CN(C[C@@H](CCS(C)(=O)=O)c1ccc(Cl)c(Cl)c1)C(=O)c1cc(C#N)cc2ccccc12. The van der Waals surface area contributed by atoms with Crippen molar-refractivity contribution in [2.45, 2.75) is 12.3 Å². The summed E-state index contributed by atoms with van der Waals surface area (Å²) in [4.78, 5) is 14.9. The van der Waals surface area contributed by atoms with Gasteiger partial charge in [-0.1, -0.05) is 53.5 Å². The average molecular weight is 489 g/mol. The van der Waals surface area contributed by atoms with E-state index in [0.29, 0.717) is 27.6 Å². The highest BCUT2D eigenvalue weighted by molar-refractivity contribution is 7.90. The van der Waals surface area contributed by atoms with Crippen molar-refractivity contribution in [3.8, 4) is 6.07 Å². The number of likely N-dealkylation sites (N-methyl/N-ethyl adjacent to an activating group) is 1. The molecule has 3 rings (SSSR count). The number of carbonyl (C=O) groups is 1. The number of benzene rings is 3. The minimum Gasteiger partial charge on any atom is -0.341 e. The molecule has 8 heteroatoms. The van der Waals surface area contributed by atoms with Crippen LogP contribution in [0.2, 0.25) is 10.0 Å². The Labute approximate surface area is 198 Å². The quantitative estimate of drug-likeness (QED) is 0.451. The average Bonchev–Trinajstić information content (AvgIpc) is 2.76. The first-order chi connectivity index (χ1) is 15.1. The van der Waals surface area contributed by atoms with Crippen molar-refractivity contribution >= 4 is 49.7 Å². The van der Waals surface area contributed by atoms with Gasteiger partial charge in [-0.05, 0) is 47.0 Å². The molecule has 0 radical (unpaired) electrons. The van der Waals surface area contributed by atoms with Gasteiger partial charge in [0.05, 0.1) is 27.4 Å². The van der Waals surface area contributed by atoms with Crippen molar-refractivity contribution < 1.29 is 13.2 Å². The summed E-state index contributed by atoms with van der Waals surface area (Å²) in [6.07, 6.45) is 1.51. The molecular weight excluding hydrogens is 467 g/mol. The van der Waals surface area contributed by atoms with Crippen molar-refractivity contribution in [1.82, 2.24) is 4.90 Å². The zero-order chi connectivity index (χ0) is 23.5. The summed E-state index contributed by atoms with van der Waals surface area (Å²) in [6, 6.07) is 18.0. The summed E-state index contributed by atoms with van der Waals surface area (Å²) in [5.41, 5.74) is 1.63. The number of hydrogen-bond acceptors (Lipinski definition) is 4. The van der Waals surface area contributed by atoms with Crippen LogP contribution in [0.4, 0.5) is 0 Å². The Balaban J connectivity index is 1.94. The second-order valence-corrected chi connectivity index (χ2v) is 10.9. The van der Waals surface area contributed by atoms with Crippen molar-refractivity contribution in [3.63, 3.8) is 0 Å². The molecule has 166 valence electrons. The lowest BCUT2D eigenvalue weighted by Crippen LogP contribution is -2.32. The van der Waals surface area contributed by atoms with Crippen LogP contribution in [0.15, 0.2) is 54.6 Å². The number of sulfone groups is 1. The molecule has 0 spiro atoms. The smallest absolute Gasteiger partial charge is 0.254 e. The van der Waals surface area contributed by atoms with E-state index >= 15 is 0 Å². The monoisotopic (exact) mass is 488 g/mol. The number of hydrogen-bond donors (Lipinski definition) is 0. The van der Waals surface area contributed by atoms with Crippen LogP contribution in [-0.4, -0.2) is 44.8 Å². The van der Waals surface area contributed by atoms with Crippen LogP contribution in [0.25, 0.3) is 10.8 Å². The minimum absolute atomic E-state index is 0.0210. The molecule has 0 aliphatic carbocycles. The fourth-order valence-electron chi connectivity index (χ4n) is 3.66. The Morgan fingerprint density at radius 3 is 2.47 bits per heavy atom. The number of nitriles is 1. The van der Waals surface area contributed by atoms with Crippen LogP contribution < -0.4 is 0 Å². The van der Waals surface area contributed by atoms with Gasteiger partial charge in [0.15, 0.2) is 0 Å². The summed E-state index contributed by atoms with van der Waals surface area (Å²) in [5.74, 6) is -0.533. The number of amides is 1. The van der Waals surface area contributed by atoms with Crippen LogP contribution in [0, 0.1) is 11.3 Å². The first-order valence-electron chi connectivity index (χ1n) is 9.90. The van der Waals surface area contributed by atoms with Crippen LogP contribution in [0.1, 0.15) is 33.8 Å². The lowest BCUT2D eigenvalue weighted by Gasteiger charge is -2.25. The van der Waals surface area contributed by atoms with Crippen molar-refractivity contribution in [2.75, 3.05) is 25.6 Å². The van der Waals surface area contributed by atoms with Crippen LogP contribution in [0.5, 0.6) is 0 Å². The maximum Gasteiger partial charge on any atom is 0.254 e. The molecule has 3 aromatic rings. The molecule has 1 atom stereocenters. The van der Waals surface area contributed by atoms with Gasteiger partial charge in [-0.25, -0.2) is 8.42 Å². The standard InChI is InChI=1S/C24H22Cl2N2O3S/c1-28(24(29)21-12-16(14-27)11-18-5-3-4-6-20(18)21)15-19(9-10-32(2,30)31)17-7-8-22(25)23(26)13-17/h3-8,11-13,19H,9-10,15H2,1-2H3/t19-/m1/s1. The molecule has 1 amide bonds. The maximum atomic E-state index is 13.4. The molecule has 0 aromatic heterocycles. The lowest BCUT2D eigenvalue weighted by atomic mass is 9.95. The molecule has 32 heavy (non-hydrogen) atoms. The second-order valence-electron chi connectivity index (χ2n) is 7.83. The van der Waals surface area contributed by atoms with E-state index in [1.54, 1.807) is 42.3 Å². The largest absolute Gasteiger partial charge is 0.341 e. The van der Waals surface area contributed by atoms with Gasteiger partial charge >= 0.3 is 0 Å². The Kier molecular flexibility index (Phi) is 7.45. The molecule has 5 nitrogen and oxygen atoms in total. The highest BCUT2D eigenvalue weighted by atomic mass is 35.5. The molecule has 0 bridgehead atoms. The van der Waals surface area contributed by atoms with Gasteiger partial charge in [-0.15, -0.1) is 0 Å². The Morgan fingerprint density at radius 2 is 1.81 bits per heavy atom. The number of carbonyl (C=O) groups excluding carboxylic acids is 1. The van der Waals surface area contributed by atoms with Crippen LogP contribution in [0.3, 0.4) is 0 Å². The topological polar surface area (TPSA) is 78.2 Å². The van der Waals surface area contributed by atoms with E-state index in [1.165, 1.54) is 6.26 Å². The first-order valence-corrected chi connectivity index (χ1v) is 12.7. The number of halogens is 2. The molecule has 3 aromatic carbocycles. The van der Waals surface area contributed by atoms with Crippen LogP contribution >= 0.6 is 23.2 Å². The molecule has 0 heterocycles. The fraction of sp³-hybridized carbons (Fsp3) is 0.250. The highest BCUT2D eigenvalue weighted by Gasteiger charge is 2.22. The summed E-state index contributed by atoms with van der Waals surface area (Å²) < 4.78 is 23.6. The van der Waals surface area contributed by atoms with Gasteiger partial charge in [0, 0.05) is 31.3 Å². The zero-order valence-corrected chi connectivity index (χ0v) is 20.0. The van der Waals surface area contributed by atoms with Gasteiger partial charge < -0.3 is 4.90 Å². The predicted molar refractivity (Wildman–Crippen MR) is 129 cm³/mol. The van der Waals surface area contributed by atoms with E-state index in [0.717, 1.165) is 16.3 Å². The van der Waals surface area contributed by atoms with Gasteiger partial charge in [-0.3, -0.25) is 4.79 Å². The van der Waals surface area contributed by atoms with Gasteiger partial charge in [-0.2, -0.15) is 5.26 Å². The third-order valence-electron chi connectivity index (χ3n) is 5.31. The number of fused-ring (bicyclic) bond motifs is 1. The maximum absolute atomic E-state index is 13.4. The summed E-state index contributed by atoms with van der Waals surface area (Å²) in [7, 11) is -1.52. The molecule has 0 fully saturated rings. The molecule has 0 aliphatic rings. The molecular formula is C24H22Cl2N2O3S. The fourth-order valence-corrected chi connectivity index (χ4v) is 4.68. The molecule has 0 unspecified atom stereocenters. The van der Waals surface area contributed by atoms with Crippen molar-refractivity contribution in [3.05, 3.63) is 81.3 Å². The van der Waals surface area contributed by atoms with E-state index in [1.807, 2.05) is 24.3 Å². The van der Waals surface area contributed by atoms with Gasteiger partial charge in [0.2, 0.25) is 0 Å². The summed E-state index contributed by atoms with van der Waals surface area (Å²) in [6.45, 7) is 0.275.